The van der Waals surface area contributed by atoms with Gasteiger partial charge in [0.15, 0.2) is 0 Å². The van der Waals surface area contributed by atoms with Gasteiger partial charge < -0.3 is 0 Å². The van der Waals surface area contributed by atoms with Crippen LogP contribution in [0, 0.1) is 5.41 Å². The Labute approximate surface area is 115 Å². The molecule has 0 bridgehead atoms. The zero-order valence-electron chi connectivity index (χ0n) is 9.52. The van der Waals surface area contributed by atoms with E-state index in [2.05, 4.69) is 0 Å². The quantitative estimate of drug-likeness (QED) is 0.539. The maximum absolute atomic E-state index is 11.3. The molecule has 0 aromatic heterocycles. The molecule has 0 aliphatic rings. The SMILES string of the molecule is CC(=N)[C]([Na])(C(=O)O)c1ccc(C(=O)O)cc1. The fraction of sp³-hybridized carbons (Fsp3) is 0.182. The van der Waals surface area contributed by atoms with Gasteiger partial charge >= 0.3 is 116 Å². The molecule has 0 heterocycles. The molecule has 1 atom stereocenters. The van der Waals surface area contributed by atoms with E-state index in [1.54, 1.807) is 0 Å². The molecule has 1 aromatic carbocycles. The molecule has 0 aliphatic heterocycles. The third-order valence-electron chi connectivity index (χ3n) is 2.89. The molecule has 0 amide bonds. The van der Waals surface area contributed by atoms with Crippen LogP contribution in [0.3, 0.4) is 0 Å². The number of hydrogen-bond donors (Lipinski definition) is 3. The van der Waals surface area contributed by atoms with E-state index in [1.807, 2.05) is 0 Å². The summed E-state index contributed by atoms with van der Waals surface area (Å²) in [5.74, 6) is -2.13. The van der Waals surface area contributed by atoms with Crippen LogP contribution in [-0.4, -0.2) is 55.8 Å². The van der Waals surface area contributed by atoms with E-state index < -0.39 is 14.6 Å². The van der Waals surface area contributed by atoms with E-state index in [1.165, 1.54) is 31.2 Å². The van der Waals surface area contributed by atoms with Crippen molar-refractivity contribution in [1.29, 1.82) is 5.41 Å². The predicted molar refractivity (Wildman–Crippen MR) is 61.9 cm³/mol. The molecule has 0 radical (unpaired) electrons. The molecule has 0 spiro atoms. The van der Waals surface area contributed by atoms with Crippen molar-refractivity contribution in [2.75, 3.05) is 0 Å². The Morgan fingerprint density at radius 1 is 1.24 bits per heavy atom. The van der Waals surface area contributed by atoms with Gasteiger partial charge in [-0.05, 0) is 0 Å². The molecular formula is C11H10NNaO4. The first-order chi connectivity index (χ1) is 7.80. The van der Waals surface area contributed by atoms with Crippen LogP contribution in [0.5, 0.6) is 0 Å². The normalized spacial score (nSPS) is 13.8. The van der Waals surface area contributed by atoms with Gasteiger partial charge in [0.2, 0.25) is 0 Å². The van der Waals surface area contributed by atoms with Gasteiger partial charge in [-0.15, -0.1) is 0 Å². The summed E-state index contributed by atoms with van der Waals surface area (Å²) in [6.45, 7) is 1.45. The van der Waals surface area contributed by atoms with Gasteiger partial charge in [0, 0.05) is 0 Å². The molecule has 17 heavy (non-hydrogen) atoms. The van der Waals surface area contributed by atoms with E-state index in [4.69, 9.17) is 10.5 Å². The first-order valence-electron chi connectivity index (χ1n) is 4.93. The summed E-state index contributed by atoms with van der Waals surface area (Å²) in [5.41, 5.74) is 0.611. The Bertz CT molecular complexity index is 467. The second-order valence-corrected chi connectivity index (χ2v) is 5.44. The van der Waals surface area contributed by atoms with E-state index in [9.17, 15) is 14.7 Å². The Kier molecular flexibility index (Phi) is 4.08. The molecule has 1 rings (SSSR count). The van der Waals surface area contributed by atoms with E-state index in [-0.39, 0.29) is 39.2 Å². The molecule has 1 unspecified atom stereocenters. The summed E-state index contributed by atoms with van der Waals surface area (Å²) in [7, 11) is 0. The fourth-order valence-corrected chi connectivity index (χ4v) is 1.78. The van der Waals surface area contributed by atoms with Gasteiger partial charge in [-0.3, -0.25) is 0 Å². The Balaban J connectivity index is 3.27. The van der Waals surface area contributed by atoms with Crippen LogP contribution in [0.2, 0.25) is 0 Å². The van der Waals surface area contributed by atoms with Gasteiger partial charge in [0.1, 0.15) is 0 Å². The number of aliphatic carboxylic acids is 1. The Morgan fingerprint density at radius 3 is 2.00 bits per heavy atom. The van der Waals surface area contributed by atoms with Crippen molar-refractivity contribution in [2.45, 2.75) is 9.59 Å². The maximum atomic E-state index is 11.3. The average Bonchev–Trinajstić information content (AvgIpc) is 2.27. The number of hydrogen-bond acceptors (Lipinski definition) is 3. The van der Waals surface area contributed by atoms with Crippen molar-refractivity contribution < 1.29 is 19.8 Å². The van der Waals surface area contributed by atoms with Crippen LogP contribution in [0.15, 0.2) is 24.3 Å². The van der Waals surface area contributed by atoms with Crippen LogP contribution in [0.4, 0.5) is 0 Å². The van der Waals surface area contributed by atoms with E-state index >= 15 is 0 Å². The van der Waals surface area contributed by atoms with Crippen LogP contribution >= 0.6 is 0 Å². The van der Waals surface area contributed by atoms with Crippen molar-refractivity contribution in [3.05, 3.63) is 35.4 Å². The number of carboxylic acid groups (broad SMARTS) is 2. The van der Waals surface area contributed by atoms with Gasteiger partial charge in [-0.1, -0.05) is 0 Å². The van der Waals surface area contributed by atoms with Crippen LogP contribution < -0.4 is 0 Å². The number of aromatic carboxylic acids is 1. The van der Waals surface area contributed by atoms with Crippen LogP contribution in [0.25, 0.3) is 0 Å². The van der Waals surface area contributed by atoms with Gasteiger partial charge in [-0.2, -0.15) is 0 Å². The van der Waals surface area contributed by atoms with Gasteiger partial charge in [0.05, 0.1) is 0 Å². The molecule has 3 N–H and O–H groups in total. The molecule has 6 heteroatoms. The van der Waals surface area contributed by atoms with Crippen molar-refractivity contribution in [3.63, 3.8) is 0 Å². The van der Waals surface area contributed by atoms with Crippen molar-refractivity contribution in [3.8, 4) is 0 Å². The van der Waals surface area contributed by atoms with Gasteiger partial charge in [0.25, 0.3) is 0 Å². The first kappa shape index (κ1) is 13.9. The zero-order chi connectivity index (χ0) is 13.2. The van der Waals surface area contributed by atoms with E-state index in [0.29, 0.717) is 5.56 Å². The summed E-state index contributed by atoms with van der Waals surface area (Å²) in [6, 6.07) is 5.64. The van der Waals surface area contributed by atoms with Crippen molar-refractivity contribution in [1.82, 2.24) is 0 Å². The predicted octanol–water partition coefficient (Wildman–Crippen LogP) is 0.873. The molecule has 5 nitrogen and oxygen atoms in total. The molecule has 1 aromatic rings. The minimum atomic E-state index is -1.28. The Morgan fingerprint density at radius 2 is 1.71 bits per heavy atom. The second-order valence-electron chi connectivity index (χ2n) is 3.94. The monoisotopic (exact) mass is 243 g/mol. The summed E-state index contributed by atoms with van der Waals surface area (Å²) >= 11 is 0.248. The summed E-state index contributed by atoms with van der Waals surface area (Å²) in [5, 5.41) is 25.6. The molecule has 84 valence electrons. The fourth-order valence-electron chi connectivity index (χ4n) is 1.45. The Hall–Kier alpha value is -1.17. The number of benzene rings is 1. The topological polar surface area (TPSA) is 98.5 Å². The number of rotatable bonds is 4. The molecular weight excluding hydrogens is 233 g/mol. The number of carboxylic acids is 2. The van der Waals surface area contributed by atoms with Crippen molar-refractivity contribution >= 4 is 45.6 Å². The third-order valence-corrected chi connectivity index (χ3v) is 4.64. The summed E-state index contributed by atoms with van der Waals surface area (Å²) < 4.78 is -1.28. The third kappa shape index (κ3) is 2.57. The summed E-state index contributed by atoms with van der Waals surface area (Å²) in [6.07, 6.45) is 0. The van der Waals surface area contributed by atoms with Crippen LogP contribution in [-0.2, 0) is 7.46 Å². The minimum absolute atomic E-state index is 0.0553. The second kappa shape index (κ2) is 5.00. The summed E-state index contributed by atoms with van der Waals surface area (Å²) in [4.78, 5) is 21.9. The van der Waals surface area contributed by atoms with Crippen LogP contribution in [0.1, 0.15) is 22.8 Å². The first-order valence-corrected chi connectivity index (χ1v) is 5.93. The van der Waals surface area contributed by atoms with E-state index in [0.717, 1.165) is 0 Å². The molecule has 0 saturated carbocycles. The molecule has 0 saturated heterocycles. The molecule has 0 aliphatic carbocycles. The zero-order valence-corrected chi connectivity index (χ0v) is 11.5. The number of carbonyl (C=O) groups is 2. The van der Waals surface area contributed by atoms with Gasteiger partial charge in [-0.25, -0.2) is 0 Å². The van der Waals surface area contributed by atoms with Crippen molar-refractivity contribution in [2.24, 2.45) is 0 Å². The number of nitrogens with one attached hydrogen (secondary N) is 1. The molecule has 0 fully saturated rings. The standard InChI is InChI=1S/C11H10NO4.Na/c1-6(12)9(11(15)16)7-2-4-8(5-3-7)10(13)14;/h2-5,12H,1H3,(H,13,14)(H,15,16);. The average molecular weight is 243 g/mol.